The Bertz CT molecular complexity index is 527. The molecule has 0 aromatic heterocycles. The zero-order chi connectivity index (χ0) is 15.9. The van der Waals surface area contributed by atoms with Gasteiger partial charge in [-0.15, -0.1) is 6.58 Å². The number of unbranched alkanes of at least 4 members (excludes halogenated alkanes) is 1. The van der Waals surface area contributed by atoms with E-state index in [0.29, 0.717) is 18.4 Å². The lowest BCUT2D eigenvalue weighted by Crippen LogP contribution is -2.45. The summed E-state index contributed by atoms with van der Waals surface area (Å²) in [5.41, 5.74) is -1.25. The quantitative estimate of drug-likeness (QED) is 0.334. The van der Waals surface area contributed by atoms with Gasteiger partial charge >= 0.3 is 11.9 Å². The highest BCUT2D eigenvalue weighted by molar-refractivity contribution is 9.10. The van der Waals surface area contributed by atoms with Crippen molar-refractivity contribution in [3.05, 3.63) is 47.0 Å². The van der Waals surface area contributed by atoms with Gasteiger partial charge in [-0.25, -0.2) is 0 Å². The number of hydrogen-bond acceptors (Lipinski definition) is 3. The summed E-state index contributed by atoms with van der Waals surface area (Å²) in [5.74, 6) is -1.91. The van der Waals surface area contributed by atoms with Crippen LogP contribution in [0.1, 0.15) is 31.7 Å². The number of carboxylic acid groups (broad SMARTS) is 1. The Balaban J connectivity index is 3.32. The summed E-state index contributed by atoms with van der Waals surface area (Å²) < 4.78 is 5.75. The molecule has 0 saturated carbocycles. The fourth-order valence-corrected chi connectivity index (χ4v) is 2.60. The van der Waals surface area contributed by atoms with Crippen LogP contribution in [0, 0.1) is 0 Å². The molecule has 5 heteroatoms. The predicted octanol–water partition coefficient (Wildman–Crippen LogP) is 3.69. The first-order valence-corrected chi connectivity index (χ1v) is 7.56. The molecule has 1 aromatic carbocycles. The summed E-state index contributed by atoms with van der Waals surface area (Å²) in [4.78, 5) is 24.3. The Hall–Kier alpha value is -1.62. The maximum atomic E-state index is 12.4. The largest absolute Gasteiger partial charge is 0.480 e. The Kier molecular flexibility index (Phi) is 6.62. The summed E-state index contributed by atoms with van der Waals surface area (Å²) >= 11 is 3.31. The van der Waals surface area contributed by atoms with Gasteiger partial charge in [0.2, 0.25) is 0 Å². The molecule has 114 valence electrons. The third-order valence-corrected chi connectivity index (χ3v) is 3.76. The molecular formula is C16H19BrO4. The van der Waals surface area contributed by atoms with Gasteiger partial charge in [-0.3, -0.25) is 9.59 Å². The number of rotatable bonds is 8. The number of allylic oxidation sites excluding steroid dienone is 1. The van der Waals surface area contributed by atoms with Crippen LogP contribution < -0.4 is 0 Å². The number of ether oxygens (including phenoxy) is 1. The number of aliphatic carboxylic acids is 1. The third kappa shape index (κ3) is 3.94. The molecule has 0 aliphatic rings. The molecule has 0 amide bonds. The van der Waals surface area contributed by atoms with Gasteiger partial charge in [-0.05, 0) is 43.9 Å². The molecule has 21 heavy (non-hydrogen) atoms. The second kappa shape index (κ2) is 7.98. The minimum absolute atomic E-state index is 0.142. The molecule has 1 N–H and O–H groups in total. The zero-order valence-corrected chi connectivity index (χ0v) is 13.6. The van der Waals surface area contributed by atoms with Crippen LogP contribution in [0.3, 0.4) is 0 Å². The van der Waals surface area contributed by atoms with Gasteiger partial charge in [-0.2, -0.15) is 0 Å². The maximum absolute atomic E-state index is 12.4. The Morgan fingerprint density at radius 3 is 2.71 bits per heavy atom. The highest BCUT2D eigenvalue weighted by Crippen LogP contribution is 2.34. The Morgan fingerprint density at radius 2 is 2.19 bits per heavy atom. The van der Waals surface area contributed by atoms with E-state index in [1.54, 1.807) is 37.3 Å². The first-order valence-electron chi connectivity index (χ1n) is 6.76. The second-order valence-corrected chi connectivity index (χ2v) is 5.54. The fourth-order valence-electron chi connectivity index (χ4n) is 2.20. The van der Waals surface area contributed by atoms with E-state index in [1.165, 1.54) is 0 Å². The van der Waals surface area contributed by atoms with Crippen molar-refractivity contribution in [3.8, 4) is 0 Å². The van der Waals surface area contributed by atoms with Gasteiger partial charge in [0, 0.05) is 4.47 Å². The number of carbonyl (C=O) groups is 2. The molecule has 1 unspecified atom stereocenters. The highest BCUT2D eigenvalue weighted by Gasteiger charge is 2.48. The standard InChI is InChI=1S/C16H19BrO4/c1-3-5-6-10-16(14(18)19,15(20)21-4-2)12-8-7-9-13(17)11-12/h3,7-9,11H,1,4-6,10H2,2H3,(H,18,19). The molecule has 4 nitrogen and oxygen atoms in total. The lowest BCUT2D eigenvalue weighted by molar-refractivity contribution is -0.162. The molecule has 0 bridgehead atoms. The van der Waals surface area contributed by atoms with Crippen LogP contribution >= 0.6 is 15.9 Å². The van der Waals surface area contributed by atoms with Crippen molar-refractivity contribution in [2.45, 2.75) is 31.6 Å². The summed E-state index contributed by atoms with van der Waals surface area (Å²) in [7, 11) is 0. The van der Waals surface area contributed by atoms with Gasteiger partial charge in [0.25, 0.3) is 0 Å². The Labute approximate surface area is 132 Å². The van der Waals surface area contributed by atoms with Crippen molar-refractivity contribution in [3.63, 3.8) is 0 Å². The van der Waals surface area contributed by atoms with Crippen LogP contribution in [0.25, 0.3) is 0 Å². The van der Waals surface area contributed by atoms with Gasteiger partial charge in [0.15, 0.2) is 5.41 Å². The van der Waals surface area contributed by atoms with E-state index in [-0.39, 0.29) is 13.0 Å². The van der Waals surface area contributed by atoms with Gasteiger partial charge < -0.3 is 9.84 Å². The molecule has 0 heterocycles. The molecule has 0 radical (unpaired) electrons. The zero-order valence-electron chi connectivity index (χ0n) is 12.0. The van der Waals surface area contributed by atoms with E-state index in [4.69, 9.17) is 4.74 Å². The minimum Gasteiger partial charge on any atom is -0.480 e. The van der Waals surface area contributed by atoms with Gasteiger partial charge in [-0.1, -0.05) is 34.1 Å². The van der Waals surface area contributed by atoms with Gasteiger partial charge in [0.05, 0.1) is 6.61 Å². The molecular weight excluding hydrogens is 336 g/mol. The van der Waals surface area contributed by atoms with Crippen LogP contribution in [0.15, 0.2) is 41.4 Å². The molecule has 0 saturated heterocycles. The van der Waals surface area contributed by atoms with E-state index in [1.807, 2.05) is 0 Å². The van der Waals surface area contributed by atoms with Crippen LogP contribution in [0.2, 0.25) is 0 Å². The number of carbonyl (C=O) groups excluding carboxylic acids is 1. The number of esters is 1. The highest BCUT2D eigenvalue weighted by atomic mass is 79.9. The summed E-state index contributed by atoms with van der Waals surface area (Å²) in [6, 6.07) is 6.79. The van der Waals surface area contributed by atoms with E-state index >= 15 is 0 Å². The first-order chi connectivity index (χ1) is 9.98. The van der Waals surface area contributed by atoms with Crippen LogP contribution in [-0.2, 0) is 19.7 Å². The van der Waals surface area contributed by atoms with E-state index < -0.39 is 17.4 Å². The molecule has 0 fully saturated rings. The smallest absolute Gasteiger partial charge is 0.328 e. The summed E-state index contributed by atoms with van der Waals surface area (Å²) in [6.07, 6.45) is 3.06. The van der Waals surface area contributed by atoms with Crippen molar-refractivity contribution in [2.75, 3.05) is 6.61 Å². The van der Waals surface area contributed by atoms with E-state index in [2.05, 4.69) is 22.5 Å². The van der Waals surface area contributed by atoms with Crippen LogP contribution in [-0.4, -0.2) is 23.7 Å². The number of hydrogen-bond donors (Lipinski definition) is 1. The van der Waals surface area contributed by atoms with E-state index in [9.17, 15) is 14.7 Å². The third-order valence-electron chi connectivity index (χ3n) is 3.27. The molecule has 1 aromatic rings. The van der Waals surface area contributed by atoms with Crippen molar-refractivity contribution in [1.82, 2.24) is 0 Å². The lowest BCUT2D eigenvalue weighted by atomic mass is 9.76. The number of carboxylic acids is 1. The summed E-state index contributed by atoms with van der Waals surface area (Å²) in [6.45, 7) is 5.43. The average molecular weight is 355 g/mol. The fraction of sp³-hybridized carbons (Fsp3) is 0.375. The minimum atomic E-state index is -1.68. The first kappa shape index (κ1) is 17.4. The van der Waals surface area contributed by atoms with Crippen molar-refractivity contribution in [2.24, 2.45) is 0 Å². The van der Waals surface area contributed by atoms with E-state index in [0.717, 1.165) is 4.47 Å². The molecule has 0 aliphatic carbocycles. The van der Waals surface area contributed by atoms with Crippen molar-refractivity contribution < 1.29 is 19.4 Å². The molecule has 0 aliphatic heterocycles. The number of halogens is 1. The van der Waals surface area contributed by atoms with Crippen LogP contribution in [0.5, 0.6) is 0 Å². The Morgan fingerprint density at radius 1 is 1.48 bits per heavy atom. The van der Waals surface area contributed by atoms with Crippen molar-refractivity contribution in [1.29, 1.82) is 0 Å². The predicted molar refractivity (Wildman–Crippen MR) is 84.1 cm³/mol. The molecule has 1 atom stereocenters. The van der Waals surface area contributed by atoms with Crippen LogP contribution in [0.4, 0.5) is 0 Å². The lowest BCUT2D eigenvalue weighted by Gasteiger charge is -2.27. The monoisotopic (exact) mass is 354 g/mol. The second-order valence-electron chi connectivity index (χ2n) is 4.62. The summed E-state index contributed by atoms with van der Waals surface area (Å²) in [5, 5.41) is 9.72. The normalized spacial score (nSPS) is 13.2. The van der Waals surface area contributed by atoms with Crippen molar-refractivity contribution >= 4 is 27.9 Å². The molecule has 1 rings (SSSR count). The van der Waals surface area contributed by atoms with Gasteiger partial charge in [0.1, 0.15) is 0 Å². The average Bonchev–Trinajstić information content (AvgIpc) is 2.43. The maximum Gasteiger partial charge on any atom is 0.328 e. The number of benzene rings is 1. The SMILES string of the molecule is C=CCCCC(C(=O)O)(C(=O)OCC)c1cccc(Br)c1. The topological polar surface area (TPSA) is 63.6 Å². The molecule has 0 spiro atoms.